The summed E-state index contributed by atoms with van der Waals surface area (Å²) in [5.41, 5.74) is 1.48. The molecule has 0 bridgehead atoms. The lowest BCUT2D eigenvalue weighted by atomic mass is 9.63. The minimum absolute atomic E-state index is 0.0564. The largest absolute Gasteiger partial charge is 0.462 e. The molecule has 0 aliphatic heterocycles. The molecule has 4 atom stereocenters. The molecule has 1 fully saturated rings. The van der Waals surface area contributed by atoms with Gasteiger partial charge in [0, 0.05) is 25.4 Å². The third-order valence-corrected chi connectivity index (χ3v) is 4.83. The van der Waals surface area contributed by atoms with Crippen molar-refractivity contribution in [2.45, 2.75) is 52.6 Å². The average Bonchev–Trinajstić information content (AvgIpc) is 2.66. The summed E-state index contributed by atoms with van der Waals surface area (Å²) in [4.78, 5) is 11.2. The van der Waals surface area contributed by atoms with Crippen molar-refractivity contribution in [3.63, 3.8) is 0 Å². The highest BCUT2D eigenvalue weighted by Crippen LogP contribution is 2.55. The number of fused-ring (bicyclic) bond motifs is 1. The number of aliphatic hydroxyl groups excluding tert-OH is 1. The molecular formula is C15H24O3. The van der Waals surface area contributed by atoms with Crippen molar-refractivity contribution in [3.8, 4) is 0 Å². The van der Waals surface area contributed by atoms with Gasteiger partial charge in [0.15, 0.2) is 0 Å². The summed E-state index contributed by atoms with van der Waals surface area (Å²) in [7, 11) is 0. The highest BCUT2D eigenvalue weighted by atomic mass is 16.5. The number of aliphatic hydroxyl groups is 1. The molecule has 0 spiro atoms. The van der Waals surface area contributed by atoms with E-state index in [1.807, 2.05) is 0 Å². The van der Waals surface area contributed by atoms with Gasteiger partial charge in [0.1, 0.15) is 6.10 Å². The van der Waals surface area contributed by atoms with Crippen LogP contribution in [0.3, 0.4) is 0 Å². The molecule has 0 amide bonds. The topological polar surface area (TPSA) is 46.5 Å². The van der Waals surface area contributed by atoms with Crippen LogP contribution in [0.5, 0.6) is 0 Å². The summed E-state index contributed by atoms with van der Waals surface area (Å²) in [5.74, 6) is 0.447. The SMILES string of the molecule is CC(=O)O[C@H]1CCC[C@]2(C)C([C@@H](C)CO)=CCC12. The second-order valence-corrected chi connectivity index (χ2v) is 6.04. The molecule has 1 unspecified atom stereocenters. The van der Waals surface area contributed by atoms with Crippen molar-refractivity contribution in [3.05, 3.63) is 11.6 Å². The number of ether oxygens (including phenoxy) is 1. The van der Waals surface area contributed by atoms with Crippen LogP contribution in [0.2, 0.25) is 0 Å². The van der Waals surface area contributed by atoms with E-state index in [1.165, 1.54) is 12.5 Å². The fraction of sp³-hybridized carbons (Fsp3) is 0.800. The van der Waals surface area contributed by atoms with Gasteiger partial charge in [-0.3, -0.25) is 4.79 Å². The molecule has 18 heavy (non-hydrogen) atoms. The highest BCUT2D eigenvalue weighted by Gasteiger charge is 2.49. The lowest BCUT2D eigenvalue weighted by Crippen LogP contribution is -2.41. The van der Waals surface area contributed by atoms with E-state index in [-0.39, 0.29) is 30.0 Å². The Hall–Kier alpha value is -0.830. The number of carbonyl (C=O) groups excluding carboxylic acids is 1. The molecular weight excluding hydrogens is 228 g/mol. The number of hydrogen-bond acceptors (Lipinski definition) is 3. The molecule has 2 aliphatic carbocycles. The van der Waals surface area contributed by atoms with Crippen molar-refractivity contribution in [1.82, 2.24) is 0 Å². The van der Waals surface area contributed by atoms with Crippen molar-refractivity contribution in [1.29, 1.82) is 0 Å². The Labute approximate surface area is 109 Å². The Bertz CT molecular complexity index is 361. The molecule has 0 aromatic rings. The Balaban J connectivity index is 2.18. The number of esters is 1. The predicted molar refractivity (Wildman–Crippen MR) is 70.0 cm³/mol. The molecule has 0 saturated heterocycles. The van der Waals surface area contributed by atoms with Gasteiger partial charge in [0.2, 0.25) is 0 Å². The van der Waals surface area contributed by atoms with Crippen LogP contribution in [0, 0.1) is 17.3 Å². The summed E-state index contributed by atoms with van der Waals surface area (Å²) in [6.45, 7) is 6.05. The van der Waals surface area contributed by atoms with E-state index >= 15 is 0 Å². The quantitative estimate of drug-likeness (QED) is 0.620. The summed E-state index contributed by atoms with van der Waals surface area (Å²) in [6.07, 6.45) is 6.53. The van der Waals surface area contributed by atoms with E-state index in [9.17, 15) is 9.90 Å². The van der Waals surface area contributed by atoms with Crippen LogP contribution in [0.25, 0.3) is 0 Å². The molecule has 2 aliphatic rings. The van der Waals surface area contributed by atoms with Crippen molar-refractivity contribution < 1.29 is 14.6 Å². The lowest BCUT2D eigenvalue weighted by Gasteiger charge is -2.44. The molecule has 0 aromatic heterocycles. The highest BCUT2D eigenvalue weighted by molar-refractivity contribution is 5.66. The van der Waals surface area contributed by atoms with Crippen LogP contribution in [0.1, 0.15) is 46.5 Å². The van der Waals surface area contributed by atoms with Gasteiger partial charge >= 0.3 is 5.97 Å². The van der Waals surface area contributed by atoms with Crippen LogP contribution in [0.15, 0.2) is 11.6 Å². The lowest BCUT2D eigenvalue weighted by molar-refractivity contribution is -0.153. The normalized spacial score (nSPS) is 36.8. The van der Waals surface area contributed by atoms with E-state index < -0.39 is 0 Å². The second kappa shape index (κ2) is 5.04. The van der Waals surface area contributed by atoms with Gasteiger partial charge in [-0.25, -0.2) is 0 Å². The summed E-state index contributed by atoms with van der Waals surface area (Å²) >= 11 is 0. The van der Waals surface area contributed by atoms with Crippen molar-refractivity contribution >= 4 is 5.97 Å². The molecule has 1 saturated carbocycles. The van der Waals surface area contributed by atoms with E-state index in [4.69, 9.17) is 4.74 Å². The van der Waals surface area contributed by atoms with Crippen LogP contribution in [0.4, 0.5) is 0 Å². The molecule has 3 nitrogen and oxygen atoms in total. The van der Waals surface area contributed by atoms with Gasteiger partial charge in [-0.15, -0.1) is 0 Å². The van der Waals surface area contributed by atoms with Crippen LogP contribution >= 0.6 is 0 Å². The fourth-order valence-corrected chi connectivity index (χ4v) is 3.94. The Morgan fingerprint density at radius 1 is 1.67 bits per heavy atom. The molecule has 3 heteroatoms. The average molecular weight is 252 g/mol. The van der Waals surface area contributed by atoms with Gasteiger partial charge in [-0.05, 0) is 31.1 Å². The Kier molecular flexibility index (Phi) is 3.81. The van der Waals surface area contributed by atoms with Crippen LogP contribution in [-0.4, -0.2) is 23.8 Å². The number of rotatable bonds is 3. The Morgan fingerprint density at radius 2 is 2.39 bits per heavy atom. The van der Waals surface area contributed by atoms with Gasteiger partial charge in [0.05, 0.1) is 0 Å². The minimum Gasteiger partial charge on any atom is -0.462 e. The van der Waals surface area contributed by atoms with Crippen LogP contribution < -0.4 is 0 Å². The first-order chi connectivity index (χ1) is 8.49. The third-order valence-electron chi connectivity index (χ3n) is 4.83. The smallest absolute Gasteiger partial charge is 0.302 e. The standard InChI is InChI=1S/C15H24O3/c1-10(9-16)12-6-7-13-14(18-11(2)17)5-4-8-15(12,13)3/h6,10,13-14,16H,4-5,7-9H2,1-3H3/t10-,13?,14-,15+/m0/s1. The molecule has 0 radical (unpaired) electrons. The van der Waals surface area contributed by atoms with Crippen LogP contribution in [-0.2, 0) is 9.53 Å². The molecule has 0 aromatic carbocycles. The Morgan fingerprint density at radius 3 is 3.00 bits per heavy atom. The molecule has 2 rings (SSSR count). The molecule has 0 heterocycles. The zero-order valence-electron chi connectivity index (χ0n) is 11.6. The van der Waals surface area contributed by atoms with E-state index in [2.05, 4.69) is 19.9 Å². The summed E-state index contributed by atoms with van der Waals surface area (Å²) in [6, 6.07) is 0. The molecule has 102 valence electrons. The first kappa shape index (κ1) is 13.6. The maximum atomic E-state index is 11.2. The van der Waals surface area contributed by atoms with E-state index in [0.29, 0.717) is 5.92 Å². The van der Waals surface area contributed by atoms with Crippen molar-refractivity contribution in [2.75, 3.05) is 6.61 Å². The maximum Gasteiger partial charge on any atom is 0.302 e. The van der Waals surface area contributed by atoms with Gasteiger partial charge < -0.3 is 9.84 Å². The van der Waals surface area contributed by atoms with E-state index in [0.717, 1.165) is 25.7 Å². The minimum atomic E-state index is -0.173. The zero-order chi connectivity index (χ0) is 13.3. The maximum absolute atomic E-state index is 11.2. The van der Waals surface area contributed by atoms with E-state index in [1.54, 1.807) is 0 Å². The number of carbonyl (C=O) groups is 1. The van der Waals surface area contributed by atoms with Gasteiger partial charge in [-0.2, -0.15) is 0 Å². The number of allylic oxidation sites excluding steroid dienone is 1. The predicted octanol–water partition coefficient (Wildman–Crippen LogP) is 2.68. The summed E-state index contributed by atoms with van der Waals surface area (Å²) < 4.78 is 5.50. The fourth-order valence-electron chi connectivity index (χ4n) is 3.94. The monoisotopic (exact) mass is 252 g/mol. The first-order valence-corrected chi connectivity index (χ1v) is 6.97. The third kappa shape index (κ3) is 2.20. The second-order valence-electron chi connectivity index (χ2n) is 6.04. The molecule has 1 N–H and O–H groups in total. The van der Waals surface area contributed by atoms with Crippen molar-refractivity contribution in [2.24, 2.45) is 17.3 Å². The van der Waals surface area contributed by atoms with Gasteiger partial charge in [-0.1, -0.05) is 25.5 Å². The summed E-state index contributed by atoms with van der Waals surface area (Å²) in [5, 5.41) is 9.39. The zero-order valence-corrected chi connectivity index (χ0v) is 11.6. The number of hydrogen-bond donors (Lipinski definition) is 1. The van der Waals surface area contributed by atoms with Gasteiger partial charge in [0.25, 0.3) is 0 Å². The first-order valence-electron chi connectivity index (χ1n) is 6.97.